The van der Waals surface area contributed by atoms with Gasteiger partial charge in [0.05, 0.1) is 29.5 Å². The maximum Gasteiger partial charge on any atom is 0.273 e. The molecule has 0 spiro atoms. The molecule has 0 unspecified atom stereocenters. The fourth-order valence-corrected chi connectivity index (χ4v) is 5.59. The number of aromatic nitrogens is 2. The van der Waals surface area contributed by atoms with Crippen LogP contribution in [0.4, 0.5) is 10.1 Å². The van der Waals surface area contributed by atoms with Gasteiger partial charge in [0.25, 0.3) is 5.91 Å². The Bertz CT molecular complexity index is 1240. The van der Waals surface area contributed by atoms with Crippen molar-refractivity contribution < 1.29 is 22.3 Å². The molecule has 0 saturated carbocycles. The summed E-state index contributed by atoms with van der Waals surface area (Å²) in [6.07, 6.45) is 3.26. The maximum atomic E-state index is 13.6. The molecule has 0 bridgehead atoms. The quantitative estimate of drug-likeness (QED) is 0.668. The molecule has 9 nitrogen and oxygen atoms in total. The van der Waals surface area contributed by atoms with Crippen molar-refractivity contribution in [2.24, 2.45) is 0 Å². The molecule has 4 heterocycles. The summed E-state index contributed by atoms with van der Waals surface area (Å²) in [7, 11) is -4.06. The average molecular weight is 452 g/mol. The number of rotatable bonds is 5. The van der Waals surface area contributed by atoms with Gasteiger partial charge in [-0.25, -0.2) is 18.1 Å². The van der Waals surface area contributed by atoms with E-state index in [2.05, 4.69) is 15.0 Å². The van der Waals surface area contributed by atoms with Crippen LogP contribution in [0, 0.1) is 17.3 Å². The minimum Gasteiger partial charge on any atom is -0.377 e. The van der Waals surface area contributed by atoms with E-state index in [9.17, 15) is 17.6 Å². The first kappa shape index (κ1) is 20.5. The first-order valence-electron chi connectivity index (χ1n) is 8.73. The summed E-state index contributed by atoms with van der Waals surface area (Å²) in [5.41, 5.74) is -0.822. The number of nitriles is 1. The third-order valence-electron chi connectivity index (χ3n) is 4.64. The maximum absolute atomic E-state index is 13.6. The van der Waals surface area contributed by atoms with E-state index in [1.54, 1.807) is 25.1 Å². The van der Waals surface area contributed by atoms with E-state index in [1.165, 1.54) is 10.6 Å². The number of ether oxygens (including phenoxy) is 1. The number of amides is 1. The fourth-order valence-electron chi connectivity index (χ4n) is 3.34. The molecule has 1 fully saturated rings. The van der Waals surface area contributed by atoms with Crippen molar-refractivity contribution in [3.05, 3.63) is 46.3 Å². The largest absolute Gasteiger partial charge is 0.377 e. The Balaban J connectivity index is 1.72. The van der Waals surface area contributed by atoms with Crippen molar-refractivity contribution in [1.82, 2.24) is 14.3 Å². The number of allylic oxidation sites excluding steroid dienone is 1. The molecule has 4 rings (SSSR count). The van der Waals surface area contributed by atoms with E-state index in [-0.39, 0.29) is 52.4 Å². The highest BCUT2D eigenvalue weighted by molar-refractivity contribution is 7.89. The third-order valence-corrected chi connectivity index (χ3v) is 6.83. The zero-order valence-electron chi connectivity index (χ0n) is 15.6. The zero-order valence-corrected chi connectivity index (χ0v) is 17.1. The number of sulfonamides is 1. The molecule has 2 aromatic rings. The highest BCUT2D eigenvalue weighted by atomic mass is 35.5. The van der Waals surface area contributed by atoms with E-state index in [0.29, 0.717) is 0 Å². The lowest BCUT2D eigenvalue weighted by molar-refractivity contribution is -0.0523. The second kappa shape index (κ2) is 7.17. The van der Waals surface area contributed by atoms with Crippen LogP contribution in [0.15, 0.2) is 23.1 Å². The molecule has 156 valence electrons. The van der Waals surface area contributed by atoms with Gasteiger partial charge in [0.1, 0.15) is 22.4 Å². The van der Waals surface area contributed by atoms with Gasteiger partial charge in [-0.3, -0.25) is 4.79 Å². The van der Waals surface area contributed by atoms with Gasteiger partial charge >= 0.3 is 0 Å². The first-order valence-corrected chi connectivity index (χ1v) is 10.6. The summed E-state index contributed by atoms with van der Waals surface area (Å²) in [6.45, 7) is 2.38. The number of anilines is 1. The van der Waals surface area contributed by atoms with Crippen molar-refractivity contribution in [2.75, 3.05) is 18.5 Å². The Hall–Kier alpha value is -2.78. The first-order chi connectivity index (χ1) is 14.1. The minimum absolute atomic E-state index is 0.0108. The number of pyridine rings is 1. The lowest BCUT2D eigenvalue weighted by atomic mass is 10.0. The van der Waals surface area contributed by atoms with Crippen molar-refractivity contribution in [3.8, 4) is 6.07 Å². The van der Waals surface area contributed by atoms with Gasteiger partial charge in [-0.2, -0.15) is 9.65 Å². The molecule has 2 aromatic heterocycles. The lowest BCUT2D eigenvalue weighted by Gasteiger charge is -2.38. The van der Waals surface area contributed by atoms with Crippen LogP contribution in [0.1, 0.15) is 28.8 Å². The number of hydrogen-bond donors (Lipinski definition) is 2. The Morgan fingerprint density at radius 3 is 2.80 bits per heavy atom. The van der Waals surface area contributed by atoms with Gasteiger partial charge in [0, 0.05) is 18.3 Å². The summed E-state index contributed by atoms with van der Waals surface area (Å²) in [4.78, 5) is 16.1. The van der Waals surface area contributed by atoms with Crippen LogP contribution < -0.4 is 10.0 Å². The van der Waals surface area contributed by atoms with E-state index in [4.69, 9.17) is 21.6 Å². The third kappa shape index (κ3) is 3.48. The molecule has 0 aromatic carbocycles. The molecule has 30 heavy (non-hydrogen) atoms. The number of hydrogen-bond acceptors (Lipinski definition) is 6. The number of carbonyl (C=O) groups excluding carboxylic acids is 1. The highest BCUT2D eigenvalue weighted by Crippen LogP contribution is 2.37. The predicted octanol–water partition coefficient (Wildman–Crippen LogP) is 1.89. The van der Waals surface area contributed by atoms with Crippen molar-refractivity contribution >= 4 is 39.3 Å². The van der Waals surface area contributed by atoms with E-state index in [0.717, 1.165) is 6.07 Å². The molecule has 0 aliphatic carbocycles. The van der Waals surface area contributed by atoms with Crippen LogP contribution >= 0.6 is 11.6 Å². The summed E-state index contributed by atoms with van der Waals surface area (Å²) >= 11 is 6.37. The second-order valence-corrected chi connectivity index (χ2v) is 9.18. The summed E-state index contributed by atoms with van der Waals surface area (Å²) in [6, 6.07) is 3.82. The number of carbonyl (C=O) groups is 1. The van der Waals surface area contributed by atoms with Gasteiger partial charge < -0.3 is 14.6 Å². The van der Waals surface area contributed by atoms with Gasteiger partial charge in [0.15, 0.2) is 0 Å². The molecular weight excluding hydrogens is 437 g/mol. The van der Waals surface area contributed by atoms with Crippen LogP contribution in [0.25, 0.3) is 6.08 Å². The monoisotopic (exact) mass is 451 g/mol. The Labute approximate surface area is 176 Å². The van der Waals surface area contributed by atoms with Crippen LogP contribution in [0.5, 0.6) is 0 Å². The van der Waals surface area contributed by atoms with Crippen LogP contribution in [0.2, 0.25) is 5.02 Å². The van der Waals surface area contributed by atoms with Crippen LogP contribution in [0.3, 0.4) is 0 Å². The number of nitrogens with zero attached hydrogens (tertiary/aromatic N) is 3. The van der Waals surface area contributed by atoms with Gasteiger partial charge in [-0.05, 0) is 19.1 Å². The molecular formula is C18H15ClFN5O4S. The van der Waals surface area contributed by atoms with Crippen LogP contribution in [-0.2, 0) is 21.3 Å². The fraction of sp³-hybridized carbons (Fsp3) is 0.278. The second-order valence-electron chi connectivity index (χ2n) is 7.18. The molecule has 2 N–H and O–H groups in total. The van der Waals surface area contributed by atoms with E-state index in [1.807, 2.05) is 0 Å². The van der Waals surface area contributed by atoms with Crippen LogP contribution in [-0.4, -0.2) is 42.6 Å². The molecule has 0 radical (unpaired) electrons. The van der Waals surface area contributed by atoms with Crippen molar-refractivity contribution in [3.63, 3.8) is 0 Å². The smallest absolute Gasteiger partial charge is 0.273 e. The number of halogens is 2. The zero-order chi connectivity index (χ0) is 21.7. The molecule has 1 saturated heterocycles. The Morgan fingerprint density at radius 2 is 2.17 bits per heavy atom. The number of nitrogens with one attached hydrogen (secondary N) is 2. The van der Waals surface area contributed by atoms with Crippen molar-refractivity contribution in [2.45, 2.75) is 23.9 Å². The Morgan fingerprint density at radius 1 is 1.43 bits per heavy atom. The normalized spacial score (nSPS) is 16.6. The number of fused-ring (bicyclic) bond motifs is 1. The summed E-state index contributed by atoms with van der Waals surface area (Å²) < 4.78 is 48.7. The Kier molecular flexibility index (Phi) is 4.90. The van der Waals surface area contributed by atoms with Crippen molar-refractivity contribution in [1.29, 1.82) is 5.26 Å². The van der Waals surface area contributed by atoms with E-state index >= 15 is 0 Å². The van der Waals surface area contributed by atoms with Gasteiger partial charge in [0.2, 0.25) is 16.0 Å². The summed E-state index contributed by atoms with van der Waals surface area (Å²) in [5, 5.41) is 11.1. The molecule has 2 aliphatic heterocycles. The van der Waals surface area contributed by atoms with Gasteiger partial charge in [-0.15, -0.1) is 0 Å². The molecule has 2 aliphatic rings. The molecule has 12 heteroatoms. The topological polar surface area (TPSA) is 126 Å². The lowest BCUT2D eigenvalue weighted by Crippen LogP contribution is -2.59. The van der Waals surface area contributed by atoms with Gasteiger partial charge in [-0.1, -0.05) is 17.7 Å². The highest BCUT2D eigenvalue weighted by Gasteiger charge is 2.41. The molecule has 0 atom stereocenters. The SMILES string of the molecule is CC1(NS(=O)(=O)c2c(Cl)c(C(=O)Nc3cc(F)nc(C#N)c3)n3c2C=CC3)COC1. The molecule has 1 amide bonds. The summed E-state index contributed by atoms with van der Waals surface area (Å²) in [5.74, 6) is -1.69. The minimum atomic E-state index is -4.06. The standard InChI is InChI=1S/C18H15ClFN5O4S/c1-18(8-29-9-18)24-30(27,28)16-12-3-2-4-25(12)15(14(16)19)17(26)23-10-5-11(7-21)22-13(20)6-10/h2-3,5-6,24H,4,8-9H2,1H3,(H,22,23,26). The average Bonchev–Trinajstić information content (AvgIpc) is 3.18. The predicted molar refractivity (Wildman–Crippen MR) is 105 cm³/mol. The van der Waals surface area contributed by atoms with E-state index < -0.39 is 27.4 Å².